The van der Waals surface area contributed by atoms with Gasteiger partial charge in [-0.1, -0.05) is 30.3 Å². The summed E-state index contributed by atoms with van der Waals surface area (Å²) in [6.07, 6.45) is 4.42. The van der Waals surface area contributed by atoms with Crippen molar-refractivity contribution >= 4 is 17.7 Å². The molecule has 0 bridgehead atoms. The van der Waals surface area contributed by atoms with Crippen LogP contribution in [0.3, 0.4) is 0 Å². The van der Waals surface area contributed by atoms with Gasteiger partial charge in [-0.15, -0.1) is 0 Å². The summed E-state index contributed by atoms with van der Waals surface area (Å²) in [7, 11) is 0. The molecule has 2 aromatic carbocycles. The predicted octanol–water partition coefficient (Wildman–Crippen LogP) is 4.40. The lowest BCUT2D eigenvalue weighted by molar-refractivity contribution is -0.0738. The first-order valence-electron chi connectivity index (χ1n) is 15.7. The van der Waals surface area contributed by atoms with Crippen molar-refractivity contribution in [1.82, 2.24) is 14.7 Å². The first-order chi connectivity index (χ1) is 20.0. The number of likely N-dealkylation sites (tertiary alicyclic amines) is 1. The average molecular weight is 573 g/mol. The number of anilines is 1. The number of rotatable bonds is 6. The van der Waals surface area contributed by atoms with Crippen LogP contribution in [0.4, 0.5) is 10.5 Å². The number of benzene rings is 2. The Morgan fingerprint density at radius 1 is 1.07 bits per heavy atom. The summed E-state index contributed by atoms with van der Waals surface area (Å²) in [5.74, 6) is 0.0336. The van der Waals surface area contributed by atoms with E-state index in [4.69, 9.17) is 4.74 Å². The Morgan fingerprint density at radius 2 is 1.81 bits per heavy atom. The number of hydrogen-bond acceptors (Lipinski definition) is 6. The summed E-state index contributed by atoms with van der Waals surface area (Å²) >= 11 is 0. The molecule has 0 radical (unpaired) electrons. The summed E-state index contributed by atoms with van der Waals surface area (Å²) in [4.78, 5) is 32.1. The third kappa shape index (κ3) is 5.28. The van der Waals surface area contributed by atoms with Crippen LogP contribution >= 0.6 is 0 Å². The number of ether oxygens (including phenoxy) is 1. The van der Waals surface area contributed by atoms with Gasteiger partial charge >= 0.3 is 6.09 Å². The molecule has 0 aromatic heterocycles. The Labute approximate surface area is 249 Å². The Hall–Kier alpha value is -3.10. The minimum atomic E-state index is -0.577. The van der Waals surface area contributed by atoms with Crippen molar-refractivity contribution in [3.63, 3.8) is 0 Å². The van der Waals surface area contributed by atoms with Crippen molar-refractivity contribution in [2.45, 2.75) is 82.6 Å². The first-order valence-corrected chi connectivity index (χ1v) is 15.7. The Balaban J connectivity index is 0.951. The highest BCUT2D eigenvalue weighted by molar-refractivity contribution is 5.99. The van der Waals surface area contributed by atoms with Crippen LogP contribution in [0.2, 0.25) is 0 Å². The molecular formula is C34H44N4O4. The van der Waals surface area contributed by atoms with Crippen molar-refractivity contribution in [3.05, 3.63) is 64.7 Å². The topological polar surface area (TPSA) is 85.3 Å². The number of amides is 2. The van der Waals surface area contributed by atoms with Gasteiger partial charge < -0.3 is 25.0 Å². The summed E-state index contributed by atoms with van der Waals surface area (Å²) in [6, 6.07) is 15.2. The number of hydrogen-bond donors (Lipinski definition) is 2. The predicted molar refractivity (Wildman–Crippen MR) is 162 cm³/mol. The molecule has 2 aliphatic carbocycles. The number of aliphatic hydroxyl groups excluding tert-OH is 1. The highest BCUT2D eigenvalue weighted by atomic mass is 16.6. The lowest BCUT2D eigenvalue weighted by atomic mass is 9.60. The standard InChI is InChI=1S/C34H44N4O4/c1-32(2,3)42-31(41)38-20-33(21-38)15-26(16-33)35-25-8-9-29-28(14-25)30(40)37(22-34(29)11-12-34)19-27(39)18-36-13-10-23-6-4-5-7-24(23)17-36/h4-9,14,26-27,35,39H,10-13,15-22H2,1-3H3/t27-/m1/s1. The van der Waals surface area contributed by atoms with Crippen molar-refractivity contribution < 1.29 is 19.4 Å². The molecular weight excluding hydrogens is 528 g/mol. The molecule has 8 heteroatoms. The number of fused-ring (bicyclic) bond motifs is 3. The molecule has 2 saturated carbocycles. The second kappa shape index (κ2) is 9.98. The summed E-state index contributed by atoms with van der Waals surface area (Å²) in [6.45, 7) is 10.6. The minimum absolute atomic E-state index is 0.0336. The molecule has 0 unspecified atom stereocenters. The summed E-state index contributed by atoms with van der Waals surface area (Å²) in [5, 5.41) is 14.7. The van der Waals surface area contributed by atoms with Gasteiger partial charge in [0.15, 0.2) is 0 Å². The number of carbonyl (C=O) groups excluding carboxylic acids is 2. The van der Waals surface area contributed by atoms with Gasteiger partial charge in [0.1, 0.15) is 5.60 Å². The SMILES string of the molecule is CC(C)(C)OC(=O)N1CC2(CC(Nc3ccc4c(c3)C(=O)N(C[C@H](O)CN3CCc5ccccc5C3)CC43CC3)C2)C1. The molecule has 1 saturated heterocycles. The normalized spacial score (nSPS) is 23.1. The highest BCUT2D eigenvalue weighted by Gasteiger charge is 2.55. The third-order valence-corrected chi connectivity index (χ3v) is 10.00. The van der Waals surface area contributed by atoms with Crippen molar-refractivity contribution in [2.24, 2.45) is 5.41 Å². The van der Waals surface area contributed by atoms with Gasteiger partial charge in [0.05, 0.1) is 6.10 Å². The van der Waals surface area contributed by atoms with E-state index < -0.39 is 11.7 Å². The van der Waals surface area contributed by atoms with E-state index >= 15 is 0 Å². The van der Waals surface area contributed by atoms with Crippen LogP contribution in [0.5, 0.6) is 0 Å². The van der Waals surface area contributed by atoms with E-state index in [1.54, 1.807) is 4.90 Å². The maximum absolute atomic E-state index is 13.7. The van der Waals surface area contributed by atoms with E-state index in [-0.39, 0.29) is 22.8 Å². The minimum Gasteiger partial charge on any atom is -0.444 e. The summed E-state index contributed by atoms with van der Waals surface area (Å²) in [5.41, 5.74) is 5.45. The first kappa shape index (κ1) is 27.7. The lowest BCUT2D eigenvalue weighted by Crippen LogP contribution is -2.66. The van der Waals surface area contributed by atoms with Crippen LogP contribution in [0.25, 0.3) is 0 Å². The second-order valence-electron chi connectivity index (χ2n) is 14.7. The highest BCUT2D eigenvalue weighted by Crippen LogP contribution is 2.53. The van der Waals surface area contributed by atoms with Gasteiger partial charge in [-0.05, 0) is 81.7 Å². The van der Waals surface area contributed by atoms with Gasteiger partial charge in [0, 0.05) is 73.9 Å². The monoisotopic (exact) mass is 572 g/mol. The van der Waals surface area contributed by atoms with Gasteiger partial charge in [-0.3, -0.25) is 9.69 Å². The molecule has 3 fully saturated rings. The Kier molecular flexibility index (Phi) is 6.59. The smallest absolute Gasteiger partial charge is 0.410 e. The fourth-order valence-corrected chi connectivity index (χ4v) is 7.81. The molecule has 8 nitrogen and oxygen atoms in total. The summed E-state index contributed by atoms with van der Waals surface area (Å²) < 4.78 is 5.51. The van der Waals surface area contributed by atoms with Crippen LogP contribution in [0, 0.1) is 5.41 Å². The van der Waals surface area contributed by atoms with Crippen LogP contribution in [-0.2, 0) is 23.1 Å². The average Bonchev–Trinajstić information content (AvgIpc) is 3.66. The number of nitrogens with one attached hydrogen (secondary N) is 1. The maximum atomic E-state index is 13.7. The Bertz CT molecular complexity index is 1380. The molecule has 5 aliphatic rings. The molecule has 224 valence electrons. The molecule has 2 spiro atoms. The zero-order chi connectivity index (χ0) is 29.3. The van der Waals surface area contributed by atoms with E-state index in [2.05, 4.69) is 46.6 Å². The number of carbonyl (C=O) groups is 2. The molecule has 1 atom stereocenters. The molecule has 42 heavy (non-hydrogen) atoms. The Morgan fingerprint density at radius 3 is 2.52 bits per heavy atom. The quantitative estimate of drug-likeness (QED) is 0.534. The van der Waals surface area contributed by atoms with Crippen molar-refractivity contribution in [3.8, 4) is 0 Å². The maximum Gasteiger partial charge on any atom is 0.410 e. The van der Waals surface area contributed by atoms with Crippen molar-refractivity contribution in [1.29, 1.82) is 0 Å². The van der Waals surface area contributed by atoms with E-state index in [1.807, 2.05) is 31.7 Å². The number of nitrogens with zero attached hydrogens (tertiary/aromatic N) is 3. The molecule has 7 rings (SSSR count). The van der Waals surface area contributed by atoms with E-state index in [1.165, 1.54) is 16.7 Å². The molecule has 2 N–H and O–H groups in total. The molecule has 3 aliphatic heterocycles. The molecule has 2 amide bonds. The van der Waals surface area contributed by atoms with Gasteiger partial charge in [0.25, 0.3) is 5.91 Å². The number of aliphatic hydroxyl groups is 1. The van der Waals surface area contributed by atoms with E-state index in [0.717, 1.165) is 69.5 Å². The lowest BCUT2D eigenvalue weighted by Gasteiger charge is -2.58. The van der Waals surface area contributed by atoms with Crippen LogP contribution in [0.15, 0.2) is 42.5 Å². The van der Waals surface area contributed by atoms with Crippen LogP contribution < -0.4 is 5.32 Å². The third-order valence-electron chi connectivity index (χ3n) is 10.00. The van der Waals surface area contributed by atoms with E-state index in [9.17, 15) is 14.7 Å². The zero-order valence-electron chi connectivity index (χ0n) is 25.2. The van der Waals surface area contributed by atoms with Crippen molar-refractivity contribution in [2.75, 3.05) is 44.6 Å². The van der Waals surface area contributed by atoms with Crippen LogP contribution in [0.1, 0.15) is 73.5 Å². The fraction of sp³-hybridized carbons (Fsp3) is 0.588. The zero-order valence-corrected chi connectivity index (χ0v) is 25.2. The van der Waals surface area contributed by atoms with Gasteiger partial charge in [-0.2, -0.15) is 0 Å². The molecule has 3 heterocycles. The second-order valence-corrected chi connectivity index (χ2v) is 14.7. The number of β-amino-alcohol motifs (C(OH)–C–C–N with tert-alkyl or cyclic N) is 1. The van der Waals surface area contributed by atoms with Crippen LogP contribution in [-0.4, -0.2) is 88.8 Å². The van der Waals surface area contributed by atoms with Gasteiger partial charge in [0.2, 0.25) is 0 Å². The fourth-order valence-electron chi connectivity index (χ4n) is 7.81. The molecule has 2 aromatic rings. The largest absolute Gasteiger partial charge is 0.444 e. The van der Waals surface area contributed by atoms with E-state index in [0.29, 0.717) is 25.7 Å². The van der Waals surface area contributed by atoms with Gasteiger partial charge in [-0.25, -0.2) is 4.79 Å².